The molecule has 0 aromatic heterocycles. The Hall–Kier alpha value is -2.34. The summed E-state index contributed by atoms with van der Waals surface area (Å²) in [5, 5.41) is 2.53. The molecule has 1 aromatic carbocycles. The highest BCUT2D eigenvalue weighted by Gasteiger charge is 2.14. The van der Waals surface area contributed by atoms with Gasteiger partial charge in [-0.05, 0) is 18.4 Å². The molecule has 0 radical (unpaired) electrons. The van der Waals surface area contributed by atoms with E-state index in [0.717, 1.165) is 11.8 Å². The van der Waals surface area contributed by atoms with Gasteiger partial charge in [0.25, 0.3) is 0 Å². The molecule has 0 bridgehead atoms. The van der Waals surface area contributed by atoms with E-state index in [9.17, 15) is 14.4 Å². The van der Waals surface area contributed by atoms with Crippen molar-refractivity contribution in [3.63, 3.8) is 0 Å². The largest absolute Gasteiger partial charge is 0.348 e. The summed E-state index contributed by atoms with van der Waals surface area (Å²) in [7, 11) is 0. The molecule has 3 N–H and O–H groups in total. The number of unbranched alkanes of at least 4 members (excludes halogenated alkanes) is 1. The molecule has 0 fully saturated rings. The van der Waals surface area contributed by atoms with Crippen LogP contribution >= 0.6 is 0 Å². The maximum absolute atomic E-state index is 11.7. The summed E-state index contributed by atoms with van der Waals surface area (Å²) in [6, 6.07) is 8.80. The molecule has 1 atom stereocenters. The lowest BCUT2D eigenvalue weighted by Crippen LogP contribution is -2.43. The number of hydrogen-bond donors (Lipinski definition) is 2. The number of benzene rings is 1. The zero-order chi connectivity index (χ0) is 16.8. The van der Waals surface area contributed by atoms with Crippen LogP contribution in [0.15, 0.2) is 30.3 Å². The lowest BCUT2D eigenvalue weighted by Gasteiger charge is -2.11. The van der Waals surface area contributed by atoms with Crippen molar-refractivity contribution in [2.75, 3.05) is 6.54 Å². The first-order chi connectivity index (χ1) is 10.6. The second kappa shape index (κ2) is 12.4. The Morgan fingerprint density at radius 2 is 1.86 bits per heavy atom. The number of aldehydes is 1. The summed E-state index contributed by atoms with van der Waals surface area (Å²) in [6.45, 7) is 1.97. The van der Waals surface area contributed by atoms with Gasteiger partial charge in [-0.15, -0.1) is 0 Å². The predicted octanol–water partition coefficient (Wildman–Crippen LogP) is 0.426. The molecule has 6 heteroatoms. The average molecular weight is 306 g/mol. The van der Waals surface area contributed by atoms with Gasteiger partial charge in [-0.1, -0.05) is 30.3 Å². The minimum Gasteiger partial charge on any atom is -0.348 e. The van der Waals surface area contributed by atoms with Crippen LogP contribution in [0.1, 0.15) is 24.8 Å². The zero-order valence-electron chi connectivity index (χ0n) is 12.5. The molecule has 0 saturated carbocycles. The molecule has 0 aliphatic carbocycles. The number of amides is 1. The fraction of sp³-hybridized carbons (Fsp3) is 0.375. The minimum atomic E-state index is -0.667. The van der Waals surface area contributed by atoms with Crippen molar-refractivity contribution in [2.24, 2.45) is 5.73 Å². The Morgan fingerprint density at radius 3 is 2.45 bits per heavy atom. The second-order valence-corrected chi connectivity index (χ2v) is 4.61. The van der Waals surface area contributed by atoms with Crippen molar-refractivity contribution in [3.05, 3.63) is 35.9 Å². The Balaban J connectivity index is 0.00000211. The Morgan fingerprint density at radius 1 is 1.23 bits per heavy atom. The fourth-order valence-electron chi connectivity index (χ4n) is 1.75. The van der Waals surface area contributed by atoms with Gasteiger partial charge in [0.15, 0.2) is 5.78 Å². The predicted molar refractivity (Wildman–Crippen MR) is 83.2 cm³/mol. The maximum Gasteiger partial charge on any atom is 0.237 e. The van der Waals surface area contributed by atoms with Gasteiger partial charge in [-0.3, -0.25) is 9.59 Å². The fourth-order valence-corrected chi connectivity index (χ4v) is 1.75. The van der Waals surface area contributed by atoms with Crippen molar-refractivity contribution in [2.45, 2.75) is 31.7 Å². The number of rotatable bonds is 9. The van der Waals surface area contributed by atoms with Crippen LogP contribution in [-0.4, -0.2) is 37.4 Å². The van der Waals surface area contributed by atoms with Gasteiger partial charge in [0.2, 0.25) is 5.91 Å². The second-order valence-electron chi connectivity index (χ2n) is 4.61. The number of carbonyl (C=O) groups excluding carboxylic acids is 4. The van der Waals surface area contributed by atoms with Crippen LogP contribution in [-0.2, 0) is 25.6 Å². The van der Waals surface area contributed by atoms with E-state index in [4.69, 9.17) is 10.5 Å². The molecule has 1 amide bonds. The first-order valence-electron chi connectivity index (χ1n) is 6.95. The highest BCUT2D eigenvalue weighted by molar-refractivity contribution is 5.88. The first kappa shape index (κ1) is 19.7. The lowest BCUT2D eigenvalue weighted by atomic mass is 10.1. The molecule has 0 heterocycles. The van der Waals surface area contributed by atoms with Crippen LogP contribution in [0.2, 0.25) is 0 Å². The zero-order valence-corrected chi connectivity index (χ0v) is 12.5. The van der Waals surface area contributed by atoms with Gasteiger partial charge in [0, 0.05) is 12.8 Å². The van der Waals surface area contributed by atoms with Crippen LogP contribution in [0.5, 0.6) is 0 Å². The summed E-state index contributed by atoms with van der Waals surface area (Å²) in [4.78, 5) is 41.3. The van der Waals surface area contributed by atoms with Crippen molar-refractivity contribution >= 4 is 24.8 Å². The number of Topliss-reactive ketones (excluding diaryl/α,β-unsaturated/α-hetero) is 1. The van der Waals surface area contributed by atoms with E-state index in [0.29, 0.717) is 25.7 Å². The molecule has 1 aromatic rings. The van der Waals surface area contributed by atoms with Crippen molar-refractivity contribution < 1.29 is 19.2 Å². The standard InChI is InChI=1S/C15H20N2O3.CH2O/c16-14(10-12-6-2-1-3-7-12)15(20)17-11-13(19)8-4-5-9-18;1-2/h1-3,6-7,9,14H,4-5,8,10-11,16H2,(H,17,20);1H2. The Bertz CT molecular complexity index is 462. The van der Waals surface area contributed by atoms with Crippen LogP contribution in [0.3, 0.4) is 0 Å². The molecule has 0 saturated heterocycles. The number of nitrogens with one attached hydrogen (secondary N) is 1. The van der Waals surface area contributed by atoms with Gasteiger partial charge in [0.05, 0.1) is 12.6 Å². The molecular formula is C16H22N2O4. The van der Waals surface area contributed by atoms with Gasteiger partial charge < -0.3 is 20.6 Å². The summed E-state index contributed by atoms with van der Waals surface area (Å²) in [5.41, 5.74) is 6.77. The number of nitrogens with two attached hydrogens (primary N) is 1. The molecule has 1 unspecified atom stereocenters. The van der Waals surface area contributed by atoms with E-state index in [2.05, 4.69) is 5.32 Å². The summed E-state index contributed by atoms with van der Waals surface area (Å²) >= 11 is 0. The quantitative estimate of drug-likeness (QED) is 0.508. The first-order valence-corrected chi connectivity index (χ1v) is 6.95. The van der Waals surface area contributed by atoms with Crippen LogP contribution in [0.25, 0.3) is 0 Å². The van der Waals surface area contributed by atoms with Crippen molar-refractivity contribution in [1.82, 2.24) is 5.32 Å². The third-order valence-corrected chi connectivity index (χ3v) is 2.87. The smallest absolute Gasteiger partial charge is 0.237 e. The summed E-state index contributed by atoms with van der Waals surface area (Å²) in [5.74, 6) is -0.426. The van der Waals surface area contributed by atoms with Crippen LogP contribution < -0.4 is 11.1 Å². The van der Waals surface area contributed by atoms with E-state index < -0.39 is 6.04 Å². The van der Waals surface area contributed by atoms with E-state index >= 15 is 0 Å². The third-order valence-electron chi connectivity index (χ3n) is 2.87. The Kier molecular flexibility index (Phi) is 11.1. The molecule has 6 nitrogen and oxygen atoms in total. The minimum absolute atomic E-state index is 0.0276. The molecule has 0 spiro atoms. The van der Waals surface area contributed by atoms with Gasteiger partial charge in [-0.2, -0.15) is 0 Å². The van der Waals surface area contributed by atoms with Gasteiger partial charge in [-0.25, -0.2) is 0 Å². The highest BCUT2D eigenvalue weighted by atomic mass is 16.2. The number of ketones is 1. The van der Waals surface area contributed by atoms with E-state index in [1.165, 1.54) is 0 Å². The number of carbonyl (C=O) groups is 4. The van der Waals surface area contributed by atoms with Gasteiger partial charge in [0.1, 0.15) is 13.1 Å². The van der Waals surface area contributed by atoms with E-state index in [1.807, 2.05) is 37.1 Å². The maximum atomic E-state index is 11.7. The monoisotopic (exact) mass is 306 g/mol. The molecule has 1 rings (SSSR count). The van der Waals surface area contributed by atoms with Gasteiger partial charge >= 0.3 is 0 Å². The lowest BCUT2D eigenvalue weighted by molar-refractivity contribution is -0.126. The molecular weight excluding hydrogens is 284 g/mol. The molecule has 120 valence electrons. The third kappa shape index (κ3) is 8.76. The molecule has 0 aliphatic heterocycles. The Labute approximate surface area is 130 Å². The topological polar surface area (TPSA) is 106 Å². The average Bonchev–Trinajstić information content (AvgIpc) is 2.55. The van der Waals surface area contributed by atoms with E-state index in [1.54, 1.807) is 0 Å². The summed E-state index contributed by atoms with van der Waals surface area (Å²) < 4.78 is 0. The van der Waals surface area contributed by atoms with E-state index in [-0.39, 0.29) is 18.2 Å². The number of hydrogen-bond acceptors (Lipinski definition) is 5. The summed E-state index contributed by atoms with van der Waals surface area (Å²) in [6.07, 6.45) is 2.40. The van der Waals surface area contributed by atoms with Crippen molar-refractivity contribution in [3.8, 4) is 0 Å². The van der Waals surface area contributed by atoms with Crippen LogP contribution in [0.4, 0.5) is 0 Å². The normalized spacial score (nSPS) is 10.8. The van der Waals surface area contributed by atoms with Crippen LogP contribution in [0, 0.1) is 0 Å². The van der Waals surface area contributed by atoms with Crippen molar-refractivity contribution in [1.29, 1.82) is 0 Å². The molecule has 22 heavy (non-hydrogen) atoms. The molecule has 0 aliphatic rings. The highest BCUT2D eigenvalue weighted by Crippen LogP contribution is 2.02. The SMILES string of the molecule is C=O.NC(Cc1ccccc1)C(=O)NCC(=O)CCCC=O.